The topological polar surface area (TPSA) is 50.8 Å². The van der Waals surface area contributed by atoms with Gasteiger partial charge in [0.25, 0.3) is 0 Å². The van der Waals surface area contributed by atoms with Crippen LogP contribution < -0.4 is 5.32 Å². The number of urea groups is 1. The monoisotopic (exact) mass is 312 g/mol. The number of morpholine rings is 1. The van der Waals surface area contributed by atoms with E-state index in [-0.39, 0.29) is 18.2 Å². The molecule has 1 aromatic rings. The molecule has 0 bridgehead atoms. The van der Waals surface area contributed by atoms with Gasteiger partial charge in [-0.25, -0.2) is 4.79 Å². The number of amides is 2. The van der Waals surface area contributed by atoms with Gasteiger partial charge in [0.1, 0.15) is 0 Å². The third-order valence-electron chi connectivity index (χ3n) is 3.49. The SMILES string of the molecule is CO[C@@H](CNC(=O)N1CCO[C@H](C)C1)c1ccc(Cl)cc1. The van der Waals surface area contributed by atoms with Crippen LogP contribution >= 0.6 is 11.6 Å². The van der Waals surface area contributed by atoms with E-state index < -0.39 is 0 Å². The van der Waals surface area contributed by atoms with E-state index in [0.717, 1.165) is 5.56 Å². The fourth-order valence-electron chi connectivity index (χ4n) is 2.31. The van der Waals surface area contributed by atoms with E-state index in [1.807, 2.05) is 31.2 Å². The standard InChI is InChI=1S/C15H21ClN2O3/c1-11-10-18(7-8-21-11)15(19)17-9-14(20-2)12-3-5-13(16)6-4-12/h3-6,11,14H,7-10H2,1-2H3,(H,17,19)/t11-,14+/m1/s1. The third-order valence-corrected chi connectivity index (χ3v) is 3.75. The molecule has 0 radical (unpaired) electrons. The molecule has 1 aliphatic heterocycles. The zero-order valence-electron chi connectivity index (χ0n) is 12.3. The Bertz CT molecular complexity index is 466. The molecule has 116 valence electrons. The van der Waals surface area contributed by atoms with Crippen molar-refractivity contribution in [1.29, 1.82) is 0 Å². The van der Waals surface area contributed by atoms with Gasteiger partial charge in [-0.15, -0.1) is 0 Å². The third kappa shape index (κ3) is 4.59. The fourth-order valence-corrected chi connectivity index (χ4v) is 2.44. The van der Waals surface area contributed by atoms with Crippen molar-refractivity contribution in [3.63, 3.8) is 0 Å². The van der Waals surface area contributed by atoms with Crippen molar-refractivity contribution in [2.45, 2.75) is 19.1 Å². The highest BCUT2D eigenvalue weighted by atomic mass is 35.5. The highest BCUT2D eigenvalue weighted by Crippen LogP contribution is 2.18. The number of carbonyl (C=O) groups is 1. The lowest BCUT2D eigenvalue weighted by Crippen LogP contribution is -2.49. The van der Waals surface area contributed by atoms with E-state index in [1.54, 1.807) is 12.0 Å². The van der Waals surface area contributed by atoms with Crippen molar-refractivity contribution in [3.05, 3.63) is 34.9 Å². The summed E-state index contributed by atoms with van der Waals surface area (Å²) in [5, 5.41) is 3.59. The molecular formula is C15H21ClN2O3. The highest BCUT2D eigenvalue weighted by Gasteiger charge is 2.22. The Kier molecular flexibility index (Phi) is 5.85. The van der Waals surface area contributed by atoms with E-state index in [2.05, 4.69) is 5.32 Å². The summed E-state index contributed by atoms with van der Waals surface area (Å²) >= 11 is 5.87. The van der Waals surface area contributed by atoms with Crippen LogP contribution in [0.5, 0.6) is 0 Å². The fraction of sp³-hybridized carbons (Fsp3) is 0.533. The van der Waals surface area contributed by atoms with Crippen molar-refractivity contribution in [3.8, 4) is 0 Å². The predicted molar refractivity (Wildman–Crippen MR) is 81.6 cm³/mol. The molecule has 1 heterocycles. The Balaban J connectivity index is 1.87. The molecule has 1 aromatic carbocycles. The number of benzene rings is 1. The second-order valence-electron chi connectivity index (χ2n) is 5.09. The van der Waals surface area contributed by atoms with Crippen LogP contribution in [0.2, 0.25) is 5.02 Å². The number of rotatable bonds is 4. The van der Waals surface area contributed by atoms with Crippen LogP contribution in [0.25, 0.3) is 0 Å². The van der Waals surface area contributed by atoms with Crippen molar-refractivity contribution < 1.29 is 14.3 Å². The first-order chi connectivity index (χ1) is 10.1. The van der Waals surface area contributed by atoms with Crippen LogP contribution in [-0.2, 0) is 9.47 Å². The molecule has 5 nitrogen and oxygen atoms in total. The lowest BCUT2D eigenvalue weighted by atomic mass is 10.1. The van der Waals surface area contributed by atoms with Crippen molar-refractivity contribution in [1.82, 2.24) is 10.2 Å². The lowest BCUT2D eigenvalue weighted by molar-refractivity contribution is -0.00412. The number of methoxy groups -OCH3 is 1. The number of hydrogen-bond donors (Lipinski definition) is 1. The number of ether oxygens (including phenoxy) is 2. The van der Waals surface area contributed by atoms with Crippen LogP contribution in [0, 0.1) is 0 Å². The van der Waals surface area contributed by atoms with Gasteiger partial charge in [-0.05, 0) is 24.6 Å². The number of nitrogens with one attached hydrogen (secondary N) is 1. The molecule has 0 saturated carbocycles. The molecule has 1 fully saturated rings. The van der Waals surface area contributed by atoms with Gasteiger partial charge in [0.15, 0.2) is 0 Å². The zero-order valence-corrected chi connectivity index (χ0v) is 13.1. The van der Waals surface area contributed by atoms with Gasteiger partial charge in [-0.2, -0.15) is 0 Å². The largest absolute Gasteiger partial charge is 0.375 e. The summed E-state index contributed by atoms with van der Waals surface area (Å²) < 4.78 is 10.9. The number of nitrogens with zero attached hydrogens (tertiary/aromatic N) is 1. The van der Waals surface area contributed by atoms with Crippen molar-refractivity contribution in [2.24, 2.45) is 0 Å². The second kappa shape index (κ2) is 7.64. The summed E-state index contributed by atoms with van der Waals surface area (Å²) in [6, 6.07) is 7.35. The van der Waals surface area contributed by atoms with Crippen molar-refractivity contribution in [2.75, 3.05) is 33.4 Å². The molecule has 2 atom stereocenters. The summed E-state index contributed by atoms with van der Waals surface area (Å²) in [4.78, 5) is 13.9. The molecule has 0 spiro atoms. The maximum atomic E-state index is 12.1. The quantitative estimate of drug-likeness (QED) is 0.929. The summed E-state index contributed by atoms with van der Waals surface area (Å²) in [6.45, 7) is 4.20. The molecule has 1 aliphatic rings. The van der Waals surface area contributed by atoms with Crippen molar-refractivity contribution >= 4 is 17.6 Å². The number of hydrogen-bond acceptors (Lipinski definition) is 3. The Labute approximate surface area is 130 Å². The second-order valence-corrected chi connectivity index (χ2v) is 5.53. The van der Waals surface area contributed by atoms with E-state index in [0.29, 0.717) is 31.3 Å². The number of halogens is 1. The summed E-state index contributed by atoms with van der Waals surface area (Å²) in [5.41, 5.74) is 0.984. The molecule has 0 aromatic heterocycles. The van der Waals surface area contributed by atoms with E-state index in [9.17, 15) is 4.79 Å². The first-order valence-corrected chi connectivity index (χ1v) is 7.40. The van der Waals surface area contributed by atoms with Gasteiger partial charge < -0.3 is 19.7 Å². The molecule has 0 aliphatic carbocycles. The summed E-state index contributed by atoms with van der Waals surface area (Å²) in [5.74, 6) is 0. The van der Waals surface area contributed by atoms with Crippen LogP contribution in [0.3, 0.4) is 0 Å². The Morgan fingerprint density at radius 3 is 2.86 bits per heavy atom. The molecule has 2 amide bonds. The highest BCUT2D eigenvalue weighted by molar-refractivity contribution is 6.30. The maximum Gasteiger partial charge on any atom is 0.317 e. The minimum absolute atomic E-state index is 0.0823. The predicted octanol–water partition coefficient (Wildman–Crippen LogP) is 2.46. The molecule has 6 heteroatoms. The summed E-state index contributed by atoms with van der Waals surface area (Å²) in [6.07, 6.45) is -0.108. The van der Waals surface area contributed by atoms with Crippen LogP contribution in [0.15, 0.2) is 24.3 Å². The van der Waals surface area contributed by atoms with E-state index in [4.69, 9.17) is 21.1 Å². The van der Waals surface area contributed by atoms with Gasteiger partial charge >= 0.3 is 6.03 Å². The molecular weight excluding hydrogens is 292 g/mol. The van der Waals surface area contributed by atoms with Crippen LogP contribution in [-0.4, -0.2) is 50.4 Å². The van der Waals surface area contributed by atoms with Gasteiger partial charge in [-0.3, -0.25) is 0 Å². The molecule has 1 N–H and O–H groups in total. The minimum Gasteiger partial charge on any atom is -0.375 e. The van der Waals surface area contributed by atoms with E-state index >= 15 is 0 Å². The maximum absolute atomic E-state index is 12.1. The zero-order chi connectivity index (χ0) is 15.2. The minimum atomic E-state index is -0.190. The van der Waals surface area contributed by atoms with Crippen LogP contribution in [0.4, 0.5) is 4.79 Å². The molecule has 1 saturated heterocycles. The Morgan fingerprint density at radius 1 is 1.52 bits per heavy atom. The van der Waals surface area contributed by atoms with Crippen LogP contribution in [0.1, 0.15) is 18.6 Å². The average Bonchev–Trinajstić information content (AvgIpc) is 2.49. The van der Waals surface area contributed by atoms with Gasteiger partial charge in [0, 0.05) is 31.8 Å². The Hall–Kier alpha value is -1.30. The normalized spacial score (nSPS) is 20.1. The number of carbonyl (C=O) groups excluding carboxylic acids is 1. The summed E-state index contributed by atoms with van der Waals surface area (Å²) in [7, 11) is 1.63. The average molecular weight is 313 g/mol. The van der Waals surface area contributed by atoms with Gasteiger partial charge in [0.2, 0.25) is 0 Å². The molecule has 2 rings (SSSR count). The lowest BCUT2D eigenvalue weighted by Gasteiger charge is -2.31. The molecule has 0 unspecified atom stereocenters. The van der Waals surface area contributed by atoms with E-state index in [1.165, 1.54) is 0 Å². The first kappa shape index (κ1) is 16.1. The van der Waals surface area contributed by atoms with Gasteiger partial charge in [0.05, 0.1) is 18.8 Å². The Morgan fingerprint density at radius 2 is 2.24 bits per heavy atom. The first-order valence-electron chi connectivity index (χ1n) is 7.02. The van der Waals surface area contributed by atoms with Gasteiger partial charge in [-0.1, -0.05) is 23.7 Å². The smallest absolute Gasteiger partial charge is 0.317 e. The molecule has 21 heavy (non-hydrogen) atoms.